The Morgan fingerprint density at radius 3 is 2.10 bits per heavy atom. The number of nitrogens with zero attached hydrogens (tertiary/aromatic N) is 3. The Morgan fingerprint density at radius 2 is 1.55 bits per heavy atom. The monoisotopic (exact) mass is 284 g/mol. The van der Waals surface area contributed by atoms with Crippen LogP contribution in [0.1, 0.15) is 20.8 Å². The van der Waals surface area contributed by atoms with Crippen molar-refractivity contribution in [3.8, 4) is 0 Å². The van der Waals surface area contributed by atoms with E-state index < -0.39 is 5.60 Å². The van der Waals surface area contributed by atoms with E-state index in [1.165, 1.54) is 0 Å². The normalized spacial score (nSPS) is 22.9. The lowest BCUT2D eigenvalue weighted by molar-refractivity contribution is 0.00804. The highest BCUT2D eigenvalue weighted by molar-refractivity contribution is 5.68. The first-order valence-electron chi connectivity index (χ1n) is 7.57. The summed E-state index contributed by atoms with van der Waals surface area (Å²) in [5.74, 6) is 0. The fraction of sp³-hybridized carbons (Fsp3) is 0.929. The van der Waals surface area contributed by atoms with E-state index in [9.17, 15) is 4.79 Å². The molecule has 2 saturated heterocycles. The largest absolute Gasteiger partial charge is 0.444 e. The first-order valence-corrected chi connectivity index (χ1v) is 7.57. The molecule has 2 aliphatic rings. The van der Waals surface area contributed by atoms with Crippen LogP contribution < -0.4 is 5.32 Å². The molecule has 6 heteroatoms. The van der Waals surface area contributed by atoms with Gasteiger partial charge in [0, 0.05) is 52.4 Å². The average molecular weight is 284 g/mol. The first kappa shape index (κ1) is 15.5. The molecular formula is C14H28N4O2. The average Bonchev–Trinajstić information content (AvgIpc) is 2.39. The van der Waals surface area contributed by atoms with E-state index >= 15 is 0 Å². The van der Waals surface area contributed by atoms with Gasteiger partial charge in [-0.15, -0.1) is 0 Å². The van der Waals surface area contributed by atoms with Gasteiger partial charge in [-0.3, -0.25) is 9.80 Å². The lowest BCUT2D eigenvalue weighted by atomic mass is 10.2. The maximum Gasteiger partial charge on any atom is 0.410 e. The summed E-state index contributed by atoms with van der Waals surface area (Å²) in [7, 11) is 0. The highest BCUT2D eigenvalue weighted by Crippen LogP contribution is 2.12. The molecule has 6 nitrogen and oxygen atoms in total. The SMILES string of the molecule is CC(C)(C)OC(=O)N1CCN(CN2CCNCC2)CC1. The minimum Gasteiger partial charge on any atom is -0.444 e. The summed E-state index contributed by atoms with van der Waals surface area (Å²) in [5.41, 5.74) is -0.408. The molecule has 2 aliphatic heterocycles. The molecule has 0 radical (unpaired) electrons. The van der Waals surface area contributed by atoms with Crippen molar-refractivity contribution >= 4 is 6.09 Å². The van der Waals surface area contributed by atoms with Gasteiger partial charge >= 0.3 is 6.09 Å². The summed E-state index contributed by atoms with van der Waals surface area (Å²) in [6.07, 6.45) is -0.181. The summed E-state index contributed by atoms with van der Waals surface area (Å²) in [6.45, 7) is 14.5. The summed E-state index contributed by atoms with van der Waals surface area (Å²) in [5, 5.41) is 3.37. The number of carbonyl (C=O) groups is 1. The van der Waals surface area contributed by atoms with E-state index in [4.69, 9.17) is 4.74 Å². The van der Waals surface area contributed by atoms with Gasteiger partial charge in [0.05, 0.1) is 6.67 Å². The Morgan fingerprint density at radius 1 is 1.00 bits per heavy atom. The van der Waals surface area contributed by atoms with Crippen LogP contribution in [0.5, 0.6) is 0 Å². The van der Waals surface area contributed by atoms with E-state index in [1.807, 2.05) is 25.7 Å². The van der Waals surface area contributed by atoms with E-state index in [0.717, 1.165) is 59.0 Å². The van der Waals surface area contributed by atoms with Gasteiger partial charge in [-0.25, -0.2) is 4.79 Å². The maximum atomic E-state index is 12.0. The van der Waals surface area contributed by atoms with Gasteiger partial charge in [-0.05, 0) is 20.8 Å². The Kier molecular flexibility index (Phi) is 5.23. The van der Waals surface area contributed by atoms with Crippen molar-refractivity contribution < 1.29 is 9.53 Å². The molecule has 2 heterocycles. The molecule has 116 valence electrons. The number of piperazine rings is 2. The first-order chi connectivity index (χ1) is 9.44. The Labute approximate surface area is 122 Å². The molecule has 0 bridgehead atoms. The van der Waals surface area contributed by atoms with Crippen LogP contribution in [-0.4, -0.2) is 85.4 Å². The highest BCUT2D eigenvalue weighted by Gasteiger charge is 2.26. The third kappa shape index (κ3) is 4.92. The fourth-order valence-electron chi connectivity index (χ4n) is 2.53. The molecule has 0 atom stereocenters. The van der Waals surface area contributed by atoms with Crippen LogP contribution in [0, 0.1) is 0 Å². The van der Waals surface area contributed by atoms with Crippen molar-refractivity contribution in [3.05, 3.63) is 0 Å². The zero-order valence-electron chi connectivity index (χ0n) is 13.0. The summed E-state index contributed by atoms with van der Waals surface area (Å²) in [4.78, 5) is 18.7. The fourth-order valence-corrected chi connectivity index (χ4v) is 2.53. The van der Waals surface area contributed by atoms with Crippen molar-refractivity contribution in [3.63, 3.8) is 0 Å². The molecule has 0 saturated carbocycles. The van der Waals surface area contributed by atoms with Crippen LogP contribution in [0.4, 0.5) is 4.79 Å². The van der Waals surface area contributed by atoms with Crippen molar-refractivity contribution in [2.75, 3.05) is 59.0 Å². The molecule has 0 aromatic heterocycles. The predicted octanol–water partition coefficient (Wildman–Crippen LogP) is 0.402. The molecule has 20 heavy (non-hydrogen) atoms. The zero-order chi connectivity index (χ0) is 14.6. The predicted molar refractivity (Wildman–Crippen MR) is 78.7 cm³/mol. The second kappa shape index (κ2) is 6.74. The molecule has 0 aromatic rings. The lowest BCUT2D eigenvalue weighted by Gasteiger charge is -2.38. The van der Waals surface area contributed by atoms with E-state index in [-0.39, 0.29) is 6.09 Å². The summed E-state index contributed by atoms with van der Waals surface area (Å²) >= 11 is 0. The summed E-state index contributed by atoms with van der Waals surface area (Å²) < 4.78 is 5.41. The Balaban J connectivity index is 1.70. The smallest absolute Gasteiger partial charge is 0.410 e. The number of rotatable bonds is 2. The lowest BCUT2D eigenvalue weighted by Crippen LogP contribution is -2.54. The molecule has 2 fully saturated rings. The van der Waals surface area contributed by atoms with Crippen LogP contribution in [0.15, 0.2) is 0 Å². The number of hydrogen-bond donors (Lipinski definition) is 1. The van der Waals surface area contributed by atoms with Crippen LogP contribution in [0.3, 0.4) is 0 Å². The topological polar surface area (TPSA) is 48.1 Å². The Hall–Kier alpha value is -0.850. The van der Waals surface area contributed by atoms with Crippen LogP contribution >= 0.6 is 0 Å². The summed E-state index contributed by atoms with van der Waals surface area (Å²) in [6, 6.07) is 0. The van der Waals surface area contributed by atoms with Gasteiger partial charge in [0.2, 0.25) is 0 Å². The van der Waals surface area contributed by atoms with Gasteiger partial charge in [0.15, 0.2) is 0 Å². The number of amides is 1. The molecule has 0 aromatic carbocycles. The zero-order valence-corrected chi connectivity index (χ0v) is 13.0. The van der Waals surface area contributed by atoms with Crippen molar-refractivity contribution in [1.29, 1.82) is 0 Å². The maximum absolute atomic E-state index is 12.0. The third-order valence-electron chi connectivity index (χ3n) is 3.63. The van der Waals surface area contributed by atoms with Crippen molar-refractivity contribution in [2.45, 2.75) is 26.4 Å². The van der Waals surface area contributed by atoms with Crippen molar-refractivity contribution in [1.82, 2.24) is 20.0 Å². The number of ether oxygens (including phenoxy) is 1. The number of carbonyl (C=O) groups excluding carboxylic acids is 1. The third-order valence-corrected chi connectivity index (χ3v) is 3.63. The van der Waals surface area contributed by atoms with Crippen molar-refractivity contribution in [2.24, 2.45) is 0 Å². The van der Waals surface area contributed by atoms with Gasteiger partial charge in [-0.1, -0.05) is 0 Å². The van der Waals surface area contributed by atoms with E-state index in [1.54, 1.807) is 0 Å². The minimum absolute atomic E-state index is 0.181. The van der Waals surface area contributed by atoms with Crippen LogP contribution in [-0.2, 0) is 4.74 Å². The van der Waals surface area contributed by atoms with Crippen LogP contribution in [0.25, 0.3) is 0 Å². The quantitative estimate of drug-likeness (QED) is 0.795. The van der Waals surface area contributed by atoms with Gasteiger partial charge in [0.25, 0.3) is 0 Å². The van der Waals surface area contributed by atoms with E-state index in [0.29, 0.717) is 0 Å². The minimum atomic E-state index is -0.408. The molecule has 1 amide bonds. The van der Waals surface area contributed by atoms with Gasteiger partial charge < -0.3 is 15.0 Å². The second-order valence-corrected chi connectivity index (χ2v) is 6.59. The van der Waals surface area contributed by atoms with Gasteiger partial charge in [0.1, 0.15) is 5.60 Å². The molecular weight excluding hydrogens is 256 g/mol. The molecule has 0 unspecified atom stereocenters. The standard InChI is InChI=1S/C14H28N4O2/c1-14(2,3)20-13(19)18-10-8-17(9-11-18)12-16-6-4-15-5-7-16/h15H,4-12H2,1-3H3. The highest BCUT2D eigenvalue weighted by atomic mass is 16.6. The van der Waals surface area contributed by atoms with Gasteiger partial charge in [-0.2, -0.15) is 0 Å². The molecule has 0 aliphatic carbocycles. The van der Waals surface area contributed by atoms with Crippen LogP contribution in [0.2, 0.25) is 0 Å². The Bertz CT molecular complexity index is 316. The molecule has 0 spiro atoms. The number of hydrogen-bond acceptors (Lipinski definition) is 5. The second-order valence-electron chi connectivity index (χ2n) is 6.59. The number of nitrogens with one attached hydrogen (secondary N) is 1. The molecule has 2 rings (SSSR count). The molecule has 1 N–H and O–H groups in total. The van der Waals surface area contributed by atoms with E-state index in [2.05, 4.69) is 15.1 Å².